The Kier molecular flexibility index (Phi) is 7.05. The van der Waals surface area contributed by atoms with Crippen LogP contribution in [0.3, 0.4) is 0 Å². The maximum Gasteiger partial charge on any atom is 0.265 e. The summed E-state index contributed by atoms with van der Waals surface area (Å²) in [6, 6.07) is 18.3. The van der Waals surface area contributed by atoms with Gasteiger partial charge in [0.25, 0.3) is 15.9 Å². The van der Waals surface area contributed by atoms with Crippen molar-refractivity contribution in [2.75, 3.05) is 17.1 Å². The number of carbonyl (C=O) groups excluding carboxylic acids is 1. The molecule has 0 aromatic heterocycles. The first-order valence-electron chi connectivity index (χ1n) is 9.99. The van der Waals surface area contributed by atoms with E-state index >= 15 is 0 Å². The fourth-order valence-electron chi connectivity index (χ4n) is 2.91. The summed E-state index contributed by atoms with van der Waals surface area (Å²) in [5.41, 5.74) is 2.86. The Hall–Kier alpha value is -3.52. The van der Waals surface area contributed by atoms with Crippen LogP contribution < -0.4 is 19.5 Å². The molecular weight excluding hydrogens is 428 g/mol. The number of benzene rings is 3. The van der Waals surface area contributed by atoms with Gasteiger partial charge < -0.3 is 14.8 Å². The number of hydrogen-bond donors (Lipinski definition) is 2. The first kappa shape index (κ1) is 23.1. The second-order valence-corrected chi connectivity index (χ2v) is 9.06. The van der Waals surface area contributed by atoms with Crippen LogP contribution in [0, 0.1) is 13.8 Å². The molecule has 0 aliphatic carbocycles. The molecule has 0 saturated carbocycles. The zero-order chi connectivity index (χ0) is 23.3. The van der Waals surface area contributed by atoms with Crippen molar-refractivity contribution in [1.82, 2.24) is 0 Å². The lowest BCUT2D eigenvalue weighted by molar-refractivity contribution is -0.122. The van der Waals surface area contributed by atoms with Gasteiger partial charge >= 0.3 is 0 Å². The van der Waals surface area contributed by atoms with Crippen molar-refractivity contribution in [1.29, 1.82) is 0 Å². The summed E-state index contributed by atoms with van der Waals surface area (Å²) < 4.78 is 38.6. The molecule has 0 aliphatic rings. The fourth-order valence-corrected chi connectivity index (χ4v) is 3.97. The minimum Gasteiger partial charge on any atom is -0.497 e. The Balaban J connectivity index is 1.64. The number of rotatable bonds is 8. The molecular formula is C24H26N2O5S. The fraction of sp³-hybridized carbons (Fsp3) is 0.208. The Morgan fingerprint density at radius 3 is 2.16 bits per heavy atom. The zero-order valence-electron chi connectivity index (χ0n) is 18.4. The van der Waals surface area contributed by atoms with Crippen molar-refractivity contribution in [3.8, 4) is 11.5 Å². The number of nitrogens with one attached hydrogen (secondary N) is 2. The maximum atomic E-state index is 12.6. The largest absolute Gasteiger partial charge is 0.497 e. The average Bonchev–Trinajstić information content (AvgIpc) is 2.77. The summed E-state index contributed by atoms with van der Waals surface area (Å²) in [4.78, 5) is 12.6. The second-order valence-electron chi connectivity index (χ2n) is 7.38. The summed E-state index contributed by atoms with van der Waals surface area (Å²) >= 11 is 0. The van der Waals surface area contributed by atoms with Crippen LogP contribution in [0.25, 0.3) is 0 Å². The number of sulfonamides is 1. The topological polar surface area (TPSA) is 93.7 Å². The van der Waals surface area contributed by atoms with Gasteiger partial charge in [-0.05, 0) is 86.5 Å². The molecule has 1 amide bonds. The quantitative estimate of drug-likeness (QED) is 0.522. The van der Waals surface area contributed by atoms with Gasteiger partial charge in [-0.3, -0.25) is 9.52 Å². The van der Waals surface area contributed by atoms with Crippen molar-refractivity contribution in [2.45, 2.75) is 31.8 Å². The van der Waals surface area contributed by atoms with Crippen LogP contribution in [-0.2, 0) is 14.8 Å². The lowest BCUT2D eigenvalue weighted by Crippen LogP contribution is -2.30. The smallest absolute Gasteiger partial charge is 0.265 e. The van der Waals surface area contributed by atoms with Crippen LogP contribution >= 0.6 is 0 Å². The number of hydrogen-bond acceptors (Lipinski definition) is 5. The molecule has 168 valence electrons. The number of methoxy groups -OCH3 is 1. The van der Waals surface area contributed by atoms with Crippen molar-refractivity contribution in [2.24, 2.45) is 0 Å². The summed E-state index contributed by atoms with van der Waals surface area (Å²) in [6.07, 6.45) is -0.726. The van der Waals surface area contributed by atoms with Crippen molar-refractivity contribution in [3.05, 3.63) is 77.9 Å². The van der Waals surface area contributed by atoms with Gasteiger partial charge in [0.15, 0.2) is 6.10 Å². The molecule has 3 aromatic carbocycles. The standard InChI is InChI=1S/C24H26N2O5S/c1-16-5-6-17(2)23(15-16)31-18(3)24(27)25-19-9-13-22(14-10-19)32(28,29)26-20-7-11-21(30-4)12-8-20/h5-15,18,26H,1-4H3,(H,25,27). The summed E-state index contributed by atoms with van der Waals surface area (Å²) in [5, 5.41) is 2.74. The minimum atomic E-state index is -3.77. The summed E-state index contributed by atoms with van der Waals surface area (Å²) in [5.74, 6) is 0.945. The van der Waals surface area contributed by atoms with Gasteiger partial charge in [-0.25, -0.2) is 8.42 Å². The van der Waals surface area contributed by atoms with Crippen LogP contribution in [0.2, 0.25) is 0 Å². The van der Waals surface area contributed by atoms with Gasteiger partial charge in [0.2, 0.25) is 0 Å². The highest BCUT2D eigenvalue weighted by atomic mass is 32.2. The minimum absolute atomic E-state index is 0.0750. The molecule has 0 heterocycles. The van der Waals surface area contributed by atoms with Gasteiger partial charge in [-0.15, -0.1) is 0 Å². The molecule has 0 fully saturated rings. The van der Waals surface area contributed by atoms with E-state index in [2.05, 4.69) is 10.0 Å². The van der Waals surface area contributed by atoms with E-state index in [0.717, 1.165) is 11.1 Å². The molecule has 1 unspecified atom stereocenters. The zero-order valence-corrected chi connectivity index (χ0v) is 19.2. The normalized spacial score (nSPS) is 12.0. The van der Waals surface area contributed by atoms with E-state index in [1.807, 2.05) is 32.0 Å². The molecule has 2 N–H and O–H groups in total. The Labute approximate surface area is 188 Å². The molecule has 8 heteroatoms. The summed E-state index contributed by atoms with van der Waals surface area (Å²) in [6.45, 7) is 5.53. The predicted molar refractivity (Wildman–Crippen MR) is 125 cm³/mol. The molecule has 0 spiro atoms. The third kappa shape index (κ3) is 5.79. The van der Waals surface area contributed by atoms with E-state index in [1.54, 1.807) is 31.2 Å². The SMILES string of the molecule is COc1ccc(NS(=O)(=O)c2ccc(NC(=O)C(C)Oc3cc(C)ccc3C)cc2)cc1. The Bertz CT molecular complexity index is 1190. The van der Waals surface area contributed by atoms with Crippen LogP contribution in [0.1, 0.15) is 18.1 Å². The highest BCUT2D eigenvalue weighted by molar-refractivity contribution is 7.92. The van der Waals surface area contributed by atoms with Crippen LogP contribution in [0.5, 0.6) is 11.5 Å². The van der Waals surface area contributed by atoms with E-state index in [4.69, 9.17) is 9.47 Å². The molecule has 32 heavy (non-hydrogen) atoms. The highest BCUT2D eigenvalue weighted by Crippen LogP contribution is 2.22. The lowest BCUT2D eigenvalue weighted by Gasteiger charge is -2.17. The average molecular weight is 455 g/mol. The Morgan fingerprint density at radius 2 is 1.53 bits per heavy atom. The first-order chi connectivity index (χ1) is 15.2. The number of aryl methyl sites for hydroxylation is 2. The van der Waals surface area contributed by atoms with Crippen molar-refractivity contribution >= 4 is 27.3 Å². The lowest BCUT2D eigenvalue weighted by atomic mass is 10.1. The molecule has 3 aromatic rings. The highest BCUT2D eigenvalue weighted by Gasteiger charge is 2.18. The van der Waals surface area contributed by atoms with Crippen molar-refractivity contribution in [3.63, 3.8) is 0 Å². The predicted octanol–water partition coefficient (Wildman–Crippen LogP) is 4.52. The number of ether oxygens (including phenoxy) is 2. The van der Waals surface area contributed by atoms with E-state index in [1.165, 1.54) is 31.4 Å². The number of anilines is 2. The van der Waals surface area contributed by atoms with Gasteiger partial charge in [0.1, 0.15) is 11.5 Å². The molecule has 0 bridgehead atoms. The van der Waals surface area contributed by atoms with Gasteiger partial charge in [-0.2, -0.15) is 0 Å². The first-order valence-corrected chi connectivity index (χ1v) is 11.5. The van der Waals surface area contributed by atoms with Crippen molar-refractivity contribution < 1.29 is 22.7 Å². The number of carbonyl (C=O) groups is 1. The summed E-state index contributed by atoms with van der Waals surface area (Å²) in [7, 11) is -2.23. The maximum absolute atomic E-state index is 12.6. The van der Waals surface area contributed by atoms with Gasteiger partial charge in [0.05, 0.1) is 12.0 Å². The van der Waals surface area contributed by atoms with Crippen LogP contribution in [0.4, 0.5) is 11.4 Å². The van der Waals surface area contributed by atoms with Gasteiger partial charge in [-0.1, -0.05) is 12.1 Å². The molecule has 7 nitrogen and oxygen atoms in total. The monoisotopic (exact) mass is 454 g/mol. The van der Waals surface area contributed by atoms with E-state index < -0.39 is 16.1 Å². The second kappa shape index (κ2) is 9.74. The third-order valence-corrected chi connectivity index (χ3v) is 6.19. The third-order valence-electron chi connectivity index (χ3n) is 4.79. The number of amides is 1. The molecule has 1 atom stereocenters. The Morgan fingerprint density at radius 1 is 0.906 bits per heavy atom. The van der Waals surface area contributed by atoms with E-state index in [0.29, 0.717) is 22.9 Å². The van der Waals surface area contributed by atoms with Crippen LogP contribution in [0.15, 0.2) is 71.6 Å². The molecule has 3 rings (SSSR count). The van der Waals surface area contributed by atoms with Gasteiger partial charge in [0, 0.05) is 11.4 Å². The van der Waals surface area contributed by atoms with E-state index in [9.17, 15) is 13.2 Å². The molecule has 0 radical (unpaired) electrons. The van der Waals surface area contributed by atoms with Crippen LogP contribution in [-0.4, -0.2) is 27.5 Å². The molecule has 0 saturated heterocycles. The molecule has 0 aliphatic heterocycles. The van der Waals surface area contributed by atoms with E-state index in [-0.39, 0.29) is 10.8 Å².